The van der Waals surface area contributed by atoms with E-state index in [0.717, 1.165) is 44.6 Å². The van der Waals surface area contributed by atoms with Crippen LogP contribution in [0.25, 0.3) is 5.82 Å². The standard InChI is InChI=1S/C22H28F3N5O3S/c1-14-17(15(2)30(28-14)20-7-6-16(11-26-20)22(23,24)25)10-21(31)27-18-12-34(32,33)13-19(18)29-8-4-3-5-9-29/h6-7,11,18-19H,3-5,8-10,12-13H2,1-2H3,(H,27,31)/t18-,19-/m1/s1. The zero-order valence-electron chi connectivity index (χ0n) is 19.1. The van der Waals surface area contributed by atoms with Gasteiger partial charge in [0.2, 0.25) is 5.91 Å². The second kappa shape index (κ2) is 9.29. The van der Waals surface area contributed by atoms with Crippen LogP contribution in [0, 0.1) is 13.8 Å². The number of amides is 1. The van der Waals surface area contributed by atoms with Gasteiger partial charge in [0.15, 0.2) is 15.7 Å². The lowest BCUT2D eigenvalue weighted by Gasteiger charge is -2.35. The SMILES string of the molecule is Cc1nn(-c2ccc(C(F)(F)F)cn2)c(C)c1CC(=O)N[C@@H]1CS(=O)(=O)C[C@H]1N1CCCCC1. The summed E-state index contributed by atoms with van der Waals surface area (Å²) in [6.45, 7) is 5.10. The number of nitrogens with one attached hydrogen (secondary N) is 1. The Balaban J connectivity index is 1.48. The van der Waals surface area contributed by atoms with Crippen LogP contribution in [-0.4, -0.2) is 70.7 Å². The van der Waals surface area contributed by atoms with Gasteiger partial charge in [0.05, 0.1) is 35.2 Å². The quantitative estimate of drug-likeness (QED) is 0.678. The van der Waals surface area contributed by atoms with Crippen molar-refractivity contribution in [2.75, 3.05) is 24.6 Å². The number of rotatable bonds is 5. The molecule has 12 heteroatoms. The van der Waals surface area contributed by atoms with Gasteiger partial charge in [0, 0.05) is 23.5 Å². The molecule has 8 nitrogen and oxygen atoms in total. The molecule has 2 aromatic heterocycles. The van der Waals surface area contributed by atoms with Crippen molar-refractivity contribution >= 4 is 15.7 Å². The molecule has 4 heterocycles. The van der Waals surface area contributed by atoms with E-state index in [1.807, 2.05) is 0 Å². The van der Waals surface area contributed by atoms with Gasteiger partial charge in [-0.05, 0) is 51.9 Å². The highest BCUT2D eigenvalue weighted by Crippen LogP contribution is 2.29. The van der Waals surface area contributed by atoms with E-state index in [2.05, 4.69) is 20.3 Å². The number of alkyl halides is 3. The van der Waals surface area contributed by atoms with Crippen molar-refractivity contribution in [3.8, 4) is 5.82 Å². The fraction of sp³-hybridized carbons (Fsp3) is 0.591. The molecule has 0 saturated carbocycles. The number of likely N-dealkylation sites (tertiary alicyclic amines) is 1. The number of hydrogen-bond donors (Lipinski definition) is 1. The van der Waals surface area contributed by atoms with Crippen LogP contribution in [0.3, 0.4) is 0 Å². The second-order valence-electron chi connectivity index (χ2n) is 9.06. The molecule has 2 saturated heterocycles. The maximum Gasteiger partial charge on any atom is 0.417 e. The van der Waals surface area contributed by atoms with E-state index in [1.165, 1.54) is 10.7 Å². The van der Waals surface area contributed by atoms with E-state index in [4.69, 9.17) is 0 Å². The van der Waals surface area contributed by atoms with E-state index >= 15 is 0 Å². The molecule has 2 atom stereocenters. The number of piperidine rings is 1. The van der Waals surface area contributed by atoms with E-state index in [-0.39, 0.29) is 35.7 Å². The first-order valence-electron chi connectivity index (χ1n) is 11.3. The average molecular weight is 500 g/mol. The zero-order chi connectivity index (χ0) is 24.7. The van der Waals surface area contributed by atoms with Crippen molar-refractivity contribution in [3.05, 3.63) is 40.8 Å². The Labute approximate surface area is 196 Å². The molecule has 186 valence electrons. The van der Waals surface area contributed by atoms with E-state index in [0.29, 0.717) is 17.0 Å². The molecule has 2 aliphatic rings. The van der Waals surface area contributed by atoms with Crippen molar-refractivity contribution in [1.82, 2.24) is 25.0 Å². The van der Waals surface area contributed by atoms with Gasteiger partial charge < -0.3 is 5.32 Å². The molecule has 0 spiro atoms. The third kappa shape index (κ3) is 5.27. The summed E-state index contributed by atoms with van der Waals surface area (Å²) in [5.74, 6) is -0.123. The molecule has 4 rings (SSSR count). The van der Waals surface area contributed by atoms with Gasteiger partial charge in [0.25, 0.3) is 0 Å². The second-order valence-corrected chi connectivity index (χ2v) is 11.2. The Morgan fingerprint density at radius 3 is 2.47 bits per heavy atom. The summed E-state index contributed by atoms with van der Waals surface area (Å²) >= 11 is 0. The molecule has 1 N–H and O–H groups in total. The highest BCUT2D eigenvalue weighted by molar-refractivity contribution is 7.91. The summed E-state index contributed by atoms with van der Waals surface area (Å²) in [6, 6.07) is 1.48. The van der Waals surface area contributed by atoms with Crippen LogP contribution in [0.15, 0.2) is 18.3 Å². The topological polar surface area (TPSA) is 97.2 Å². The first-order valence-corrected chi connectivity index (χ1v) is 13.1. The predicted molar refractivity (Wildman–Crippen MR) is 119 cm³/mol. The third-order valence-corrected chi connectivity index (χ3v) is 8.32. The minimum atomic E-state index is -4.48. The summed E-state index contributed by atoms with van der Waals surface area (Å²) in [7, 11) is -3.24. The number of aryl methyl sites for hydroxylation is 1. The molecule has 2 aliphatic heterocycles. The third-order valence-electron chi connectivity index (χ3n) is 6.60. The average Bonchev–Trinajstić information content (AvgIpc) is 3.23. The Morgan fingerprint density at radius 1 is 1.15 bits per heavy atom. The fourth-order valence-electron chi connectivity index (χ4n) is 4.83. The molecular weight excluding hydrogens is 471 g/mol. The van der Waals surface area contributed by atoms with Crippen LogP contribution < -0.4 is 5.32 Å². The molecular formula is C22H28F3N5O3S. The molecule has 0 radical (unpaired) electrons. The molecule has 34 heavy (non-hydrogen) atoms. The van der Waals surface area contributed by atoms with Gasteiger partial charge >= 0.3 is 6.18 Å². The number of carbonyl (C=O) groups excluding carboxylic acids is 1. The van der Waals surface area contributed by atoms with Gasteiger partial charge in [-0.3, -0.25) is 9.69 Å². The highest BCUT2D eigenvalue weighted by atomic mass is 32.2. The number of hydrogen-bond acceptors (Lipinski definition) is 6. The lowest BCUT2D eigenvalue weighted by Crippen LogP contribution is -2.52. The summed E-state index contributed by atoms with van der Waals surface area (Å²) in [6.07, 6.45) is -0.576. The monoisotopic (exact) mass is 499 g/mol. The number of nitrogens with zero attached hydrogens (tertiary/aromatic N) is 4. The largest absolute Gasteiger partial charge is 0.417 e. The molecule has 0 bridgehead atoms. The van der Waals surface area contributed by atoms with Crippen LogP contribution in [-0.2, 0) is 27.2 Å². The molecule has 2 fully saturated rings. The lowest BCUT2D eigenvalue weighted by molar-refractivity contribution is -0.137. The van der Waals surface area contributed by atoms with Crippen LogP contribution in [0.2, 0.25) is 0 Å². The zero-order valence-corrected chi connectivity index (χ0v) is 19.9. The molecule has 0 aliphatic carbocycles. The Bertz CT molecular complexity index is 1160. The predicted octanol–water partition coefficient (Wildman–Crippen LogP) is 2.21. The van der Waals surface area contributed by atoms with Gasteiger partial charge in [-0.1, -0.05) is 6.42 Å². The Hall–Kier alpha value is -2.47. The van der Waals surface area contributed by atoms with Crippen LogP contribution in [0.5, 0.6) is 0 Å². The maximum absolute atomic E-state index is 12.9. The Morgan fingerprint density at radius 2 is 1.85 bits per heavy atom. The first-order chi connectivity index (χ1) is 15.9. The van der Waals surface area contributed by atoms with Crippen molar-refractivity contribution in [2.45, 2.75) is 57.8 Å². The van der Waals surface area contributed by atoms with E-state index in [9.17, 15) is 26.4 Å². The van der Waals surface area contributed by atoms with E-state index in [1.54, 1.807) is 13.8 Å². The molecule has 1 amide bonds. The maximum atomic E-state index is 12.9. The number of pyridine rings is 1. The van der Waals surface area contributed by atoms with Crippen LogP contribution in [0.4, 0.5) is 13.2 Å². The minimum absolute atomic E-state index is 0.0123. The van der Waals surface area contributed by atoms with Gasteiger partial charge in [0.1, 0.15) is 0 Å². The van der Waals surface area contributed by atoms with Crippen molar-refractivity contribution in [1.29, 1.82) is 0 Å². The number of halogens is 3. The Kier molecular flexibility index (Phi) is 6.74. The fourth-order valence-corrected chi connectivity index (χ4v) is 6.78. The number of carbonyl (C=O) groups is 1. The highest BCUT2D eigenvalue weighted by Gasteiger charge is 2.42. The summed E-state index contributed by atoms with van der Waals surface area (Å²) in [5, 5.41) is 7.28. The summed E-state index contributed by atoms with van der Waals surface area (Å²) < 4.78 is 64.5. The van der Waals surface area contributed by atoms with Crippen LogP contribution in [0.1, 0.15) is 41.8 Å². The van der Waals surface area contributed by atoms with Crippen LogP contribution >= 0.6 is 0 Å². The summed E-state index contributed by atoms with van der Waals surface area (Å²) in [4.78, 5) is 19.0. The minimum Gasteiger partial charge on any atom is -0.350 e. The summed E-state index contributed by atoms with van der Waals surface area (Å²) in [5.41, 5.74) is 0.925. The molecule has 0 aromatic carbocycles. The first kappa shape index (κ1) is 24.6. The normalized spacial score (nSPS) is 23.2. The van der Waals surface area contributed by atoms with Gasteiger partial charge in [-0.15, -0.1) is 0 Å². The van der Waals surface area contributed by atoms with Gasteiger partial charge in [-0.2, -0.15) is 18.3 Å². The number of aromatic nitrogens is 3. The molecule has 2 aromatic rings. The lowest BCUT2D eigenvalue weighted by atomic mass is 10.0. The van der Waals surface area contributed by atoms with Crippen molar-refractivity contribution < 1.29 is 26.4 Å². The van der Waals surface area contributed by atoms with Crippen molar-refractivity contribution in [2.24, 2.45) is 0 Å². The smallest absolute Gasteiger partial charge is 0.350 e. The van der Waals surface area contributed by atoms with Gasteiger partial charge in [-0.25, -0.2) is 18.1 Å². The van der Waals surface area contributed by atoms with E-state index < -0.39 is 27.6 Å². The van der Waals surface area contributed by atoms with Crippen molar-refractivity contribution in [3.63, 3.8) is 0 Å². The molecule has 0 unspecified atom stereocenters. The number of sulfone groups is 1.